The molecule has 0 fully saturated rings. The number of methoxy groups -OCH3 is 1. The summed E-state index contributed by atoms with van der Waals surface area (Å²) < 4.78 is 9.80. The average Bonchev–Trinajstić information content (AvgIpc) is 2.09. The number of nitrogens with two attached hydrogens (primary N) is 1. The van der Waals surface area contributed by atoms with E-state index in [2.05, 4.69) is 4.98 Å². The quantitative estimate of drug-likeness (QED) is 0.533. The van der Waals surface area contributed by atoms with E-state index in [4.69, 9.17) is 15.2 Å². The first-order chi connectivity index (χ1) is 5.83. The molecular formula is C8H12N2O2. The Labute approximate surface area is 71.3 Å². The zero-order valence-corrected chi connectivity index (χ0v) is 6.99. The molecule has 0 aliphatic carbocycles. The Hall–Kier alpha value is -1.13. The summed E-state index contributed by atoms with van der Waals surface area (Å²) in [5, 5.41) is 0. The predicted octanol–water partition coefficient (Wildman–Crippen LogP) is 0.784. The summed E-state index contributed by atoms with van der Waals surface area (Å²) in [6.07, 6.45) is 1.60. The molecule has 0 radical (unpaired) electrons. The Balaban J connectivity index is 2.37. The van der Waals surface area contributed by atoms with E-state index in [0.717, 1.165) is 5.69 Å². The summed E-state index contributed by atoms with van der Waals surface area (Å²) in [6.45, 7) is 0.736. The van der Waals surface area contributed by atoms with Crippen LogP contribution < -0.4 is 5.73 Å². The molecule has 0 aliphatic heterocycles. The lowest BCUT2D eigenvalue weighted by atomic mass is 10.3. The molecule has 66 valence electrons. The van der Waals surface area contributed by atoms with E-state index in [1.807, 2.05) is 6.07 Å². The zero-order valence-electron chi connectivity index (χ0n) is 6.99. The molecule has 4 heteroatoms. The van der Waals surface area contributed by atoms with E-state index >= 15 is 0 Å². The van der Waals surface area contributed by atoms with Crippen LogP contribution in [0.3, 0.4) is 0 Å². The Morgan fingerprint density at radius 1 is 1.50 bits per heavy atom. The minimum absolute atomic E-state index is 0.284. The van der Waals surface area contributed by atoms with Crippen molar-refractivity contribution in [1.29, 1.82) is 0 Å². The second-order valence-corrected chi connectivity index (χ2v) is 2.34. The second-order valence-electron chi connectivity index (χ2n) is 2.34. The number of pyridine rings is 1. The van der Waals surface area contributed by atoms with Crippen LogP contribution in [0.1, 0.15) is 5.69 Å². The number of nitrogen functional groups attached to an aromatic ring is 1. The van der Waals surface area contributed by atoms with Gasteiger partial charge in [0.15, 0.2) is 0 Å². The van der Waals surface area contributed by atoms with Gasteiger partial charge in [0.25, 0.3) is 0 Å². The first-order valence-electron chi connectivity index (χ1n) is 3.60. The number of hydrogen-bond donors (Lipinski definition) is 1. The molecule has 0 saturated carbocycles. The van der Waals surface area contributed by atoms with Gasteiger partial charge >= 0.3 is 0 Å². The van der Waals surface area contributed by atoms with Gasteiger partial charge < -0.3 is 15.2 Å². The van der Waals surface area contributed by atoms with Crippen molar-refractivity contribution in [2.75, 3.05) is 19.6 Å². The van der Waals surface area contributed by atoms with Gasteiger partial charge in [-0.25, -0.2) is 0 Å². The topological polar surface area (TPSA) is 57.4 Å². The van der Waals surface area contributed by atoms with Gasteiger partial charge in [0.05, 0.1) is 24.2 Å². The number of ether oxygens (including phenoxy) is 2. The van der Waals surface area contributed by atoms with Crippen LogP contribution in [0.5, 0.6) is 0 Å². The fourth-order valence-corrected chi connectivity index (χ4v) is 0.751. The van der Waals surface area contributed by atoms with Gasteiger partial charge in [-0.05, 0) is 12.1 Å². The number of anilines is 1. The molecule has 4 nitrogen and oxygen atoms in total. The van der Waals surface area contributed by atoms with Gasteiger partial charge in [-0.15, -0.1) is 0 Å². The second kappa shape index (κ2) is 4.69. The van der Waals surface area contributed by atoms with E-state index in [-0.39, 0.29) is 6.79 Å². The third-order valence-corrected chi connectivity index (χ3v) is 1.30. The molecule has 1 aromatic rings. The molecule has 0 unspecified atom stereocenters. The highest BCUT2D eigenvalue weighted by Gasteiger charge is 1.93. The van der Waals surface area contributed by atoms with Crippen molar-refractivity contribution in [2.45, 2.75) is 6.61 Å². The minimum atomic E-state index is 0.284. The van der Waals surface area contributed by atoms with E-state index in [0.29, 0.717) is 12.3 Å². The number of nitrogens with zero attached hydrogens (tertiary/aromatic N) is 1. The third-order valence-electron chi connectivity index (χ3n) is 1.30. The molecule has 1 rings (SSSR count). The van der Waals surface area contributed by atoms with Crippen LogP contribution in [0.25, 0.3) is 0 Å². The first-order valence-corrected chi connectivity index (χ1v) is 3.60. The minimum Gasteiger partial charge on any atom is -0.397 e. The van der Waals surface area contributed by atoms with Crippen molar-refractivity contribution in [2.24, 2.45) is 0 Å². The molecule has 0 aliphatic rings. The van der Waals surface area contributed by atoms with Gasteiger partial charge in [-0.1, -0.05) is 0 Å². The summed E-state index contributed by atoms with van der Waals surface area (Å²) in [5.41, 5.74) is 6.96. The largest absolute Gasteiger partial charge is 0.397 e. The average molecular weight is 168 g/mol. The molecule has 0 amide bonds. The Bertz CT molecular complexity index is 223. The lowest BCUT2D eigenvalue weighted by Crippen LogP contribution is -1.99. The maximum absolute atomic E-state index is 5.45. The highest BCUT2D eigenvalue weighted by Crippen LogP contribution is 2.01. The van der Waals surface area contributed by atoms with Gasteiger partial charge in [-0.2, -0.15) is 0 Å². The lowest BCUT2D eigenvalue weighted by molar-refractivity contribution is -0.0400. The van der Waals surface area contributed by atoms with Crippen LogP contribution in [-0.4, -0.2) is 18.9 Å². The molecule has 0 atom stereocenters. The van der Waals surface area contributed by atoms with Crippen molar-refractivity contribution in [3.8, 4) is 0 Å². The van der Waals surface area contributed by atoms with E-state index in [1.165, 1.54) is 0 Å². The standard InChI is InChI=1S/C8H12N2O2/c1-11-6-12-5-8-3-2-7(9)4-10-8/h2-4H,5-6,9H2,1H3. The summed E-state index contributed by atoms with van der Waals surface area (Å²) in [5.74, 6) is 0. The maximum atomic E-state index is 5.45. The monoisotopic (exact) mass is 168 g/mol. The van der Waals surface area contributed by atoms with Crippen molar-refractivity contribution in [1.82, 2.24) is 4.98 Å². The molecule has 0 spiro atoms. The molecule has 1 heterocycles. The normalized spacial score (nSPS) is 10.1. The lowest BCUT2D eigenvalue weighted by Gasteiger charge is -2.01. The van der Waals surface area contributed by atoms with E-state index in [1.54, 1.807) is 19.4 Å². The molecule has 12 heavy (non-hydrogen) atoms. The zero-order chi connectivity index (χ0) is 8.81. The van der Waals surface area contributed by atoms with Crippen molar-refractivity contribution < 1.29 is 9.47 Å². The number of aromatic nitrogens is 1. The fourth-order valence-electron chi connectivity index (χ4n) is 0.751. The van der Waals surface area contributed by atoms with Gasteiger partial charge in [0, 0.05) is 7.11 Å². The van der Waals surface area contributed by atoms with Gasteiger partial charge in [-0.3, -0.25) is 4.98 Å². The predicted molar refractivity (Wildman–Crippen MR) is 45.3 cm³/mol. The smallest absolute Gasteiger partial charge is 0.146 e. The highest BCUT2D eigenvalue weighted by atomic mass is 16.7. The van der Waals surface area contributed by atoms with Crippen LogP contribution in [0.2, 0.25) is 0 Å². The van der Waals surface area contributed by atoms with Crippen molar-refractivity contribution in [3.05, 3.63) is 24.0 Å². The van der Waals surface area contributed by atoms with Crippen LogP contribution in [0.15, 0.2) is 18.3 Å². The fraction of sp³-hybridized carbons (Fsp3) is 0.375. The molecule has 2 N–H and O–H groups in total. The number of hydrogen-bond acceptors (Lipinski definition) is 4. The summed E-state index contributed by atoms with van der Waals surface area (Å²) in [7, 11) is 1.58. The molecule has 0 bridgehead atoms. The molecule has 0 saturated heterocycles. The molecule has 1 aromatic heterocycles. The van der Waals surface area contributed by atoms with E-state index < -0.39 is 0 Å². The third kappa shape index (κ3) is 2.86. The van der Waals surface area contributed by atoms with E-state index in [9.17, 15) is 0 Å². The number of rotatable bonds is 4. The Kier molecular flexibility index (Phi) is 3.50. The van der Waals surface area contributed by atoms with Crippen LogP contribution in [-0.2, 0) is 16.1 Å². The van der Waals surface area contributed by atoms with Crippen LogP contribution in [0, 0.1) is 0 Å². The van der Waals surface area contributed by atoms with Gasteiger partial charge in [0.2, 0.25) is 0 Å². The van der Waals surface area contributed by atoms with Crippen LogP contribution in [0.4, 0.5) is 5.69 Å². The first kappa shape index (κ1) is 8.96. The summed E-state index contributed by atoms with van der Waals surface area (Å²) >= 11 is 0. The van der Waals surface area contributed by atoms with Crippen molar-refractivity contribution in [3.63, 3.8) is 0 Å². The Morgan fingerprint density at radius 2 is 2.33 bits per heavy atom. The van der Waals surface area contributed by atoms with Crippen LogP contribution >= 0.6 is 0 Å². The van der Waals surface area contributed by atoms with Gasteiger partial charge in [0.1, 0.15) is 6.79 Å². The summed E-state index contributed by atoms with van der Waals surface area (Å²) in [4.78, 5) is 4.04. The molecular weight excluding hydrogens is 156 g/mol. The molecule has 0 aromatic carbocycles. The Morgan fingerprint density at radius 3 is 2.92 bits per heavy atom. The van der Waals surface area contributed by atoms with Crippen molar-refractivity contribution >= 4 is 5.69 Å². The SMILES string of the molecule is COCOCc1ccc(N)cn1. The maximum Gasteiger partial charge on any atom is 0.146 e. The highest BCUT2D eigenvalue weighted by molar-refractivity contribution is 5.34. The summed E-state index contributed by atoms with van der Waals surface area (Å²) in [6, 6.07) is 3.61.